The molecule has 0 bridgehead atoms. The van der Waals surface area contributed by atoms with Gasteiger partial charge in [-0.05, 0) is 37.5 Å². The summed E-state index contributed by atoms with van der Waals surface area (Å²) in [5.74, 6) is 1.07. The van der Waals surface area contributed by atoms with Gasteiger partial charge in [0.2, 0.25) is 0 Å². The maximum atomic E-state index is 3.82. The lowest BCUT2D eigenvalue weighted by Crippen LogP contribution is -2.32. The van der Waals surface area contributed by atoms with Gasteiger partial charge in [0.15, 0.2) is 0 Å². The molecule has 0 aromatic rings. The molecule has 0 amide bonds. The van der Waals surface area contributed by atoms with Crippen LogP contribution >= 0.6 is 0 Å². The van der Waals surface area contributed by atoms with E-state index in [0.29, 0.717) is 11.8 Å². The molecule has 0 aliphatic carbocycles. The minimum Gasteiger partial charge on any atom is -0.376 e. The summed E-state index contributed by atoms with van der Waals surface area (Å²) in [6.07, 6.45) is 8.53. The first kappa shape index (κ1) is 20.8. The van der Waals surface area contributed by atoms with E-state index in [1.165, 1.54) is 24.2 Å². The van der Waals surface area contributed by atoms with E-state index in [9.17, 15) is 0 Å². The van der Waals surface area contributed by atoms with Crippen molar-refractivity contribution in [3.63, 3.8) is 0 Å². The van der Waals surface area contributed by atoms with Gasteiger partial charge in [0.1, 0.15) is 0 Å². The third kappa shape index (κ3) is 7.20. The van der Waals surface area contributed by atoms with Crippen LogP contribution in [0.2, 0.25) is 0 Å². The van der Waals surface area contributed by atoms with Crippen LogP contribution in [0.25, 0.3) is 0 Å². The van der Waals surface area contributed by atoms with Gasteiger partial charge in [-0.15, -0.1) is 13.2 Å². The summed E-state index contributed by atoms with van der Waals surface area (Å²) in [6, 6.07) is 0. The normalized spacial score (nSPS) is 12.4. The second kappa shape index (κ2) is 11.4. The van der Waals surface area contributed by atoms with Crippen LogP contribution in [0.3, 0.4) is 0 Å². The molecule has 128 valence electrons. The Hall–Kier alpha value is -1.18. The lowest BCUT2D eigenvalue weighted by Gasteiger charge is -2.35. The molecule has 0 rings (SSSR count). The summed E-state index contributed by atoms with van der Waals surface area (Å²) in [6.45, 7) is 19.1. The number of hydrogen-bond donors (Lipinski definition) is 0. The number of unbranched alkanes of at least 4 members (excludes halogenated alkanes) is 2. The largest absolute Gasteiger partial charge is 0.376 e. The molecule has 0 fully saturated rings. The van der Waals surface area contributed by atoms with Gasteiger partial charge in [-0.2, -0.15) is 0 Å². The van der Waals surface area contributed by atoms with Gasteiger partial charge in [-0.3, -0.25) is 0 Å². The molecule has 0 radical (unpaired) electrons. The highest BCUT2D eigenvalue weighted by atomic mass is 15.2. The van der Waals surface area contributed by atoms with Crippen molar-refractivity contribution in [1.29, 1.82) is 0 Å². The highest BCUT2D eigenvalue weighted by Crippen LogP contribution is 2.26. The Morgan fingerprint density at radius 1 is 0.773 bits per heavy atom. The van der Waals surface area contributed by atoms with Crippen molar-refractivity contribution in [2.24, 2.45) is 11.8 Å². The first-order chi connectivity index (χ1) is 10.4. The monoisotopic (exact) mass is 306 g/mol. The van der Waals surface area contributed by atoms with Crippen LogP contribution in [0.5, 0.6) is 0 Å². The standard InChI is InChI=1S/C20H38N2/c1-9-11-13-15-21(7)19(17(3)4)20(18(5)6)22(8)16-14-12-10-2/h9-10,17-18H,1-2,11-16H2,3-8H3/b20-19+. The third-order valence-electron chi connectivity index (χ3n) is 3.98. The fourth-order valence-corrected chi connectivity index (χ4v) is 3.05. The van der Waals surface area contributed by atoms with Gasteiger partial charge in [0, 0.05) is 38.6 Å². The topological polar surface area (TPSA) is 6.48 Å². The quantitative estimate of drug-likeness (QED) is 0.356. The van der Waals surface area contributed by atoms with E-state index in [0.717, 1.165) is 25.9 Å². The van der Waals surface area contributed by atoms with Crippen LogP contribution in [0.1, 0.15) is 53.4 Å². The van der Waals surface area contributed by atoms with E-state index in [1.807, 2.05) is 12.2 Å². The van der Waals surface area contributed by atoms with Crippen molar-refractivity contribution in [2.75, 3.05) is 27.2 Å². The van der Waals surface area contributed by atoms with E-state index in [-0.39, 0.29) is 0 Å². The van der Waals surface area contributed by atoms with Crippen molar-refractivity contribution < 1.29 is 0 Å². The number of nitrogens with zero attached hydrogens (tertiary/aromatic N) is 2. The number of hydrogen-bond acceptors (Lipinski definition) is 2. The molecule has 22 heavy (non-hydrogen) atoms. The fraction of sp³-hybridized carbons (Fsp3) is 0.700. The van der Waals surface area contributed by atoms with Gasteiger partial charge in [0.05, 0.1) is 0 Å². The molecule has 2 nitrogen and oxygen atoms in total. The molecule has 0 unspecified atom stereocenters. The Morgan fingerprint density at radius 2 is 1.09 bits per heavy atom. The molecule has 0 aliphatic rings. The molecular weight excluding hydrogens is 268 g/mol. The van der Waals surface area contributed by atoms with Crippen LogP contribution in [0.15, 0.2) is 36.7 Å². The smallest absolute Gasteiger partial charge is 0.0353 e. The Morgan fingerprint density at radius 3 is 1.32 bits per heavy atom. The zero-order valence-corrected chi connectivity index (χ0v) is 15.9. The van der Waals surface area contributed by atoms with Crippen LogP contribution in [-0.2, 0) is 0 Å². The minimum absolute atomic E-state index is 0.535. The Labute approximate surface area is 139 Å². The van der Waals surface area contributed by atoms with Crippen LogP contribution in [-0.4, -0.2) is 37.0 Å². The minimum atomic E-state index is 0.535. The van der Waals surface area contributed by atoms with Crippen molar-refractivity contribution in [1.82, 2.24) is 9.80 Å². The molecule has 0 N–H and O–H groups in total. The molecule has 0 aliphatic heterocycles. The van der Waals surface area contributed by atoms with E-state index < -0.39 is 0 Å². The third-order valence-corrected chi connectivity index (χ3v) is 3.98. The molecule has 0 aromatic heterocycles. The highest BCUT2D eigenvalue weighted by Gasteiger charge is 2.20. The zero-order valence-electron chi connectivity index (χ0n) is 15.9. The van der Waals surface area contributed by atoms with Crippen molar-refractivity contribution >= 4 is 0 Å². The SMILES string of the molecule is C=CCCCN(C)/C(=C(\C(C)C)N(C)CCCC=C)C(C)C. The lowest BCUT2D eigenvalue weighted by molar-refractivity contribution is 0.301. The molecule has 0 atom stereocenters. The van der Waals surface area contributed by atoms with E-state index in [2.05, 4.69) is 64.7 Å². The van der Waals surface area contributed by atoms with Crippen molar-refractivity contribution in [3.8, 4) is 0 Å². The van der Waals surface area contributed by atoms with Crippen molar-refractivity contribution in [3.05, 3.63) is 36.7 Å². The molecule has 0 aromatic carbocycles. The van der Waals surface area contributed by atoms with E-state index >= 15 is 0 Å². The van der Waals surface area contributed by atoms with Gasteiger partial charge in [0.25, 0.3) is 0 Å². The van der Waals surface area contributed by atoms with Gasteiger partial charge >= 0.3 is 0 Å². The highest BCUT2D eigenvalue weighted by molar-refractivity contribution is 5.16. The Kier molecular flexibility index (Phi) is 10.8. The molecular formula is C20H38N2. The summed E-state index contributed by atoms with van der Waals surface area (Å²) in [7, 11) is 4.47. The summed E-state index contributed by atoms with van der Waals surface area (Å²) in [5.41, 5.74) is 2.97. The fourth-order valence-electron chi connectivity index (χ4n) is 3.05. The Balaban J connectivity index is 5.26. The van der Waals surface area contributed by atoms with Gasteiger partial charge in [-0.1, -0.05) is 39.8 Å². The number of allylic oxidation sites excluding steroid dienone is 4. The predicted molar refractivity (Wildman–Crippen MR) is 101 cm³/mol. The summed E-state index contributed by atoms with van der Waals surface area (Å²) in [4.78, 5) is 4.90. The average Bonchev–Trinajstić information content (AvgIpc) is 2.43. The molecule has 0 saturated carbocycles. The maximum absolute atomic E-state index is 3.82. The lowest BCUT2D eigenvalue weighted by atomic mass is 9.98. The Bertz CT molecular complexity index is 319. The van der Waals surface area contributed by atoms with Crippen LogP contribution < -0.4 is 0 Å². The van der Waals surface area contributed by atoms with Gasteiger partial charge in [-0.25, -0.2) is 0 Å². The summed E-state index contributed by atoms with van der Waals surface area (Å²) >= 11 is 0. The first-order valence-electron chi connectivity index (χ1n) is 8.74. The molecule has 2 heteroatoms. The van der Waals surface area contributed by atoms with Crippen LogP contribution in [0.4, 0.5) is 0 Å². The van der Waals surface area contributed by atoms with Crippen molar-refractivity contribution in [2.45, 2.75) is 53.4 Å². The second-order valence-corrected chi connectivity index (χ2v) is 6.78. The average molecular weight is 307 g/mol. The molecule has 0 saturated heterocycles. The summed E-state index contributed by atoms with van der Waals surface area (Å²) in [5, 5.41) is 0. The number of rotatable bonds is 12. The first-order valence-corrected chi connectivity index (χ1v) is 8.74. The van der Waals surface area contributed by atoms with E-state index in [4.69, 9.17) is 0 Å². The zero-order chi connectivity index (χ0) is 17.1. The predicted octanol–water partition coefficient (Wildman–Crippen LogP) is 5.31. The second-order valence-electron chi connectivity index (χ2n) is 6.78. The maximum Gasteiger partial charge on any atom is 0.0353 e. The van der Waals surface area contributed by atoms with Crippen LogP contribution in [0, 0.1) is 11.8 Å². The molecule has 0 spiro atoms. The molecule has 0 heterocycles. The van der Waals surface area contributed by atoms with E-state index in [1.54, 1.807) is 0 Å². The summed E-state index contributed by atoms with van der Waals surface area (Å²) < 4.78 is 0. The van der Waals surface area contributed by atoms with Gasteiger partial charge < -0.3 is 9.80 Å².